The molecule has 5 heteroatoms. The quantitative estimate of drug-likeness (QED) is 0.921. The monoisotopic (exact) mass is 265 g/mol. The summed E-state index contributed by atoms with van der Waals surface area (Å²) in [5, 5.41) is 0. The van der Waals surface area contributed by atoms with Crippen LogP contribution in [0.1, 0.15) is 31.3 Å². The average Bonchev–Trinajstić information content (AvgIpc) is 2.77. The van der Waals surface area contributed by atoms with Gasteiger partial charge in [-0.15, -0.1) is 0 Å². The minimum Gasteiger partial charge on any atom is -0.324 e. The van der Waals surface area contributed by atoms with Crippen molar-refractivity contribution in [1.29, 1.82) is 0 Å². The first-order valence-electron chi connectivity index (χ1n) is 5.55. The van der Waals surface area contributed by atoms with Crippen LogP contribution in [0, 0.1) is 0 Å². The van der Waals surface area contributed by atoms with Gasteiger partial charge >= 0.3 is 0 Å². The summed E-state index contributed by atoms with van der Waals surface area (Å²) in [6, 6.07) is 8.37. The molecule has 17 heavy (non-hydrogen) atoms. The van der Waals surface area contributed by atoms with Gasteiger partial charge in [0.05, 0.1) is 0 Å². The van der Waals surface area contributed by atoms with E-state index in [1.807, 2.05) is 6.92 Å². The number of nitrogens with two attached hydrogens (primary N) is 1. The van der Waals surface area contributed by atoms with Crippen LogP contribution < -0.4 is 5.73 Å². The topological polar surface area (TPSA) is 51.8 Å². The molecule has 0 bridgehead atoms. The first-order valence-corrected chi connectivity index (χ1v) is 7.14. The molecular weight excluding hydrogens is 250 g/mol. The van der Waals surface area contributed by atoms with Crippen LogP contribution in [0.4, 0.5) is 0 Å². The van der Waals surface area contributed by atoms with Crippen molar-refractivity contribution in [1.82, 2.24) is 9.36 Å². The fraction of sp³-hybridized carbons (Fsp3) is 0.333. The van der Waals surface area contributed by atoms with E-state index in [2.05, 4.69) is 40.5 Å². The van der Waals surface area contributed by atoms with E-state index in [-0.39, 0.29) is 6.04 Å². The summed E-state index contributed by atoms with van der Waals surface area (Å²) < 4.78 is 5.26. The molecule has 1 aromatic heterocycles. The molecule has 1 aromatic carbocycles. The van der Waals surface area contributed by atoms with Crippen molar-refractivity contribution in [3.8, 4) is 0 Å². The van der Waals surface area contributed by atoms with Gasteiger partial charge in [0.15, 0.2) is 4.34 Å². The third kappa shape index (κ3) is 3.28. The summed E-state index contributed by atoms with van der Waals surface area (Å²) in [7, 11) is 0. The van der Waals surface area contributed by atoms with Crippen molar-refractivity contribution in [2.24, 2.45) is 5.73 Å². The van der Waals surface area contributed by atoms with E-state index in [0.717, 1.165) is 22.1 Å². The van der Waals surface area contributed by atoms with E-state index in [9.17, 15) is 0 Å². The van der Waals surface area contributed by atoms with Gasteiger partial charge in [-0.25, -0.2) is 4.98 Å². The molecule has 0 saturated carbocycles. The Balaban J connectivity index is 2.08. The second-order valence-corrected chi connectivity index (χ2v) is 5.86. The predicted molar refractivity (Wildman–Crippen MR) is 72.5 cm³/mol. The van der Waals surface area contributed by atoms with Gasteiger partial charge in [-0.05, 0) is 36.2 Å². The third-order valence-electron chi connectivity index (χ3n) is 2.38. The number of benzene rings is 1. The lowest BCUT2D eigenvalue weighted by Gasteiger charge is -2.05. The SMILES string of the molecule is CCc1nsc(Sc2ccc(C(C)N)cc2)n1. The van der Waals surface area contributed by atoms with Gasteiger partial charge in [0.2, 0.25) is 0 Å². The van der Waals surface area contributed by atoms with Crippen molar-refractivity contribution in [3.63, 3.8) is 0 Å². The molecule has 1 atom stereocenters. The Kier molecular flexibility index (Phi) is 4.15. The highest BCUT2D eigenvalue weighted by Gasteiger charge is 2.05. The Morgan fingerprint density at radius 1 is 1.35 bits per heavy atom. The van der Waals surface area contributed by atoms with Crippen LogP contribution in [0.3, 0.4) is 0 Å². The lowest BCUT2D eigenvalue weighted by Crippen LogP contribution is -2.04. The van der Waals surface area contributed by atoms with E-state index >= 15 is 0 Å². The molecule has 3 nitrogen and oxygen atoms in total. The van der Waals surface area contributed by atoms with E-state index in [1.54, 1.807) is 11.8 Å². The highest BCUT2D eigenvalue weighted by Crippen LogP contribution is 2.29. The minimum atomic E-state index is 0.0854. The van der Waals surface area contributed by atoms with Gasteiger partial charge in [-0.3, -0.25) is 0 Å². The molecule has 0 amide bonds. The molecule has 90 valence electrons. The average molecular weight is 265 g/mol. The fourth-order valence-corrected chi connectivity index (χ4v) is 3.04. The summed E-state index contributed by atoms with van der Waals surface area (Å²) in [6.45, 7) is 4.05. The van der Waals surface area contributed by atoms with Crippen LogP contribution in [-0.4, -0.2) is 9.36 Å². The van der Waals surface area contributed by atoms with Gasteiger partial charge in [0.1, 0.15) is 5.82 Å². The second kappa shape index (κ2) is 5.62. The Bertz CT molecular complexity index is 477. The molecule has 0 aliphatic rings. The van der Waals surface area contributed by atoms with Gasteiger partial charge in [-0.1, -0.05) is 30.8 Å². The lowest BCUT2D eigenvalue weighted by molar-refractivity contribution is 0.817. The van der Waals surface area contributed by atoms with E-state index < -0.39 is 0 Å². The molecule has 0 spiro atoms. The zero-order chi connectivity index (χ0) is 12.3. The molecule has 2 aromatic rings. The summed E-state index contributed by atoms with van der Waals surface area (Å²) in [5.41, 5.74) is 6.96. The zero-order valence-electron chi connectivity index (χ0n) is 9.88. The van der Waals surface area contributed by atoms with Crippen LogP contribution >= 0.6 is 23.3 Å². The van der Waals surface area contributed by atoms with Crippen molar-refractivity contribution < 1.29 is 0 Å². The maximum absolute atomic E-state index is 5.81. The highest BCUT2D eigenvalue weighted by molar-refractivity contribution is 8.01. The van der Waals surface area contributed by atoms with Crippen LogP contribution in [0.15, 0.2) is 33.5 Å². The fourth-order valence-electron chi connectivity index (χ4n) is 1.36. The Morgan fingerprint density at radius 2 is 2.06 bits per heavy atom. The summed E-state index contributed by atoms with van der Waals surface area (Å²) in [6.07, 6.45) is 0.890. The highest BCUT2D eigenvalue weighted by atomic mass is 32.2. The van der Waals surface area contributed by atoms with Crippen LogP contribution in [0.25, 0.3) is 0 Å². The first-order chi connectivity index (χ1) is 8.19. The second-order valence-electron chi connectivity index (χ2n) is 3.79. The van der Waals surface area contributed by atoms with Crippen molar-refractivity contribution in [2.75, 3.05) is 0 Å². The summed E-state index contributed by atoms with van der Waals surface area (Å²) >= 11 is 3.10. The van der Waals surface area contributed by atoms with Gasteiger partial charge < -0.3 is 5.73 Å². The van der Waals surface area contributed by atoms with Crippen LogP contribution in [0.2, 0.25) is 0 Å². The summed E-state index contributed by atoms with van der Waals surface area (Å²) in [4.78, 5) is 5.60. The largest absolute Gasteiger partial charge is 0.324 e. The number of aromatic nitrogens is 2. The molecule has 1 unspecified atom stereocenters. The van der Waals surface area contributed by atoms with Crippen molar-refractivity contribution in [2.45, 2.75) is 35.5 Å². The van der Waals surface area contributed by atoms with Gasteiger partial charge in [-0.2, -0.15) is 4.37 Å². The first kappa shape index (κ1) is 12.5. The standard InChI is InChI=1S/C12H15N3S2/c1-3-11-14-12(17-15-11)16-10-6-4-9(5-7-10)8(2)13/h4-8H,3,13H2,1-2H3. The van der Waals surface area contributed by atoms with Gasteiger partial charge in [0, 0.05) is 17.4 Å². The Morgan fingerprint density at radius 3 is 2.59 bits per heavy atom. The predicted octanol–water partition coefficient (Wildman–Crippen LogP) is 3.27. The maximum atomic E-state index is 5.81. The van der Waals surface area contributed by atoms with E-state index in [0.29, 0.717) is 0 Å². The lowest BCUT2D eigenvalue weighted by atomic mass is 10.1. The smallest absolute Gasteiger partial charge is 0.174 e. The molecule has 1 heterocycles. The van der Waals surface area contributed by atoms with Gasteiger partial charge in [0.25, 0.3) is 0 Å². The molecule has 0 aliphatic heterocycles. The van der Waals surface area contributed by atoms with E-state index in [4.69, 9.17) is 5.73 Å². The molecule has 0 radical (unpaired) electrons. The van der Waals surface area contributed by atoms with E-state index in [1.165, 1.54) is 16.4 Å². The number of aryl methyl sites for hydroxylation is 1. The number of rotatable bonds is 4. The number of nitrogens with zero attached hydrogens (tertiary/aromatic N) is 2. The molecule has 2 N–H and O–H groups in total. The van der Waals surface area contributed by atoms with Crippen molar-refractivity contribution >= 4 is 23.3 Å². The number of hydrogen-bond donors (Lipinski definition) is 1. The molecule has 2 rings (SSSR count). The molecule has 0 aliphatic carbocycles. The minimum absolute atomic E-state index is 0.0854. The Labute approximate surface area is 110 Å². The van der Waals surface area contributed by atoms with Crippen LogP contribution in [0.5, 0.6) is 0 Å². The van der Waals surface area contributed by atoms with Crippen molar-refractivity contribution in [3.05, 3.63) is 35.7 Å². The molecular formula is C12H15N3S2. The number of hydrogen-bond acceptors (Lipinski definition) is 5. The normalized spacial score (nSPS) is 12.6. The Hall–Kier alpha value is -0.910. The summed E-state index contributed by atoms with van der Waals surface area (Å²) in [5.74, 6) is 0.921. The third-order valence-corrected chi connectivity index (χ3v) is 4.17. The maximum Gasteiger partial charge on any atom is 0.174 e. The zero-order valence-corrected chi connectivity index (χ0v) is 11.5. The molecule has 0 fully saturated rings. The van der Waals surface area contributed by atoms with Crippen LogP contribution in [-0.2, 0) is 6.42 Å². The molecule has 0 saturated heterocycles.